The molecule has 0 saturated carbocycles. The second-order valence-corrected chi connectivity index (χ2v) is 3.42. The number of rotatable bonds is 2. The van der Waals surface area contributed by atoms with Crippen LogP contribution in [0.15, 0.2) is 12.4 Å². The van der Waals surface area contributed by atoms with Crippen LogP contribution in [0.1, 0.15) is 31.0 Å². The highest BCUT2D eigenvalue weighted by atomic mass is 16.4. The molecule has 2 heterocycles. The molecule has 0 radical (unpaired) electrons. The van der Waals surface area contributed by atoms with Crippen molar-refractivity contribution in [2.45, 2.75) is 31.7 Å². The lowest BCUT2D eigenvalue weighted by Crippen LogP contribution is -2.18. The summed E-state index contributed by atoms with van der Waals surface area (Å²) >= 11 is 0. The molecule has 0 bridgehead atoms. The van der Waals surface area contributed by atoms with Crippen molar-refractivity contribution >= 4 is 5.97 Å². The lowest BCUT2D eigenvalue weighted by atomic mass is 9.96. The number of aryl methyl sites for hydroxylation is 1. The summed E-state index contributed by atoms with van der Waals surface area (Å²) in [6.07, 6.45) is 5.88. The van der Waals surface area contributed by atoms with Crippen LogP contribution in [0.4, 0.5) is 0 Å². The zero-order chi connectivity index (χ0) is 9.26. The van der Waals surface area contributed by atoms with Crippen molar-refractivity contribution in [2.75, 3.05) is 0 Å². The maximum Gasteiger partial charge on any atom is 0.304 e. The Morgan fingerprint density at radius 2 is 2.62 bits per heavy atom. The molecule has 1 aliphatic rings. The van der Waals surface area contributed by atoms with Gasteiger partial charge < -0.3 is 9.67 Å². The first kappa shape index (κ1) is 8.29. The van der Waals surface area contributed by atoms with E-state index in [4.69, 9.17) is 5.11 Å². The van der Waals surface area contributed by atoms with Crippen LogP contribution in [0.3, 0.4) is 0 Å². The van der Waals surface area contributed by atoms with E-state index in [1.807, 2.05) is 6.20 Å². The topological polar surface area (TPSA) is 55.1 Å². The molecule has 4 nitrogen and oxygen atoms in total. The molecular weight excluding hydrogens is 168 g/mol. The second-order valence-electron chi connectivity index (χ2n) is 3.42. The molecule has 0 saturated heterocycles. The summed E-state index contributed by atoms with van der Waals surface area (Å²) in [6, 6.07) is 0. The molecule has 0 fully saturated rings. The maximum absolute atomic E-state index is 10.6. The molecule has 1 N–H and O–H groups in total. The van der Waals surface area contributed by atoms with Crippen LogP contribution in [0.2, 0.25) is 0 Å². The minimum atomic E-state index is -0.735. The van der Waals surface area contributed by atoms with Gasteiger partial charge in [-0.1, -0.05) is 0 Å². The van der Waals surface area contributed by atoms with Gasteiger partial charge in [-0.2, -0.15) is 0 Å². The average Bonchev–Trinajstić information content (AvgIpc) is 2.51. The predicted octanol–water partition coefficient (Wildman–Crippen LogP) is 1.24. The Hall–Kier alpha value is -1.32. The van der Waals surface area contributed by atoms with E-state index in [9.17, 15) is 4.79 Å². The van der Waals surface area contributed by atoms with Gasteiger partial charge in [0.25, 0.3) is 0 Å². The number of aromatic nitrogens is 2. The summed E-state index contributed by atoms with van der Waals surface area (Å²) in [5.41, 5.74) is 0. The third kappa shape index (κ3) is 1.56. The highest BCUT2D eigenvalue weighted by molar-refractivity contribution is 5.67. The van der Waals surface area contributed by atoms with Crippen LogP contribution >= 0.6 is 0 Å². The summed E-state index contributed by atoms with van der Waals surface area (Å²) in [5.74, 6) is 0.316. The normalized spacial score (nSPS) is 21.1. The lowest BCUT2D eigenvalue weighted by molar-refractivity contribution is -0.137. The molecule has 1 atom stereocenters. The van der Waals surface area contributed by atoms with Gasteiger partial charge in [0.1, 0.15) is 5.82 Å². The number of fused-ring (bicyclic) bond motifs is 1. The molecule has 0 aromatic carbocycles. The monoisotopic (exact) mass is 180 g/mol. The van der Waals surface area contributed by atoms with Gasteiger partial charge in [0.2, 0.25) is 0 Å². The molecule has 70 valence electrons. The SMILES string of the molecule is O=C(O)CC1CCCn2ccnc21. The third-order valence-corrected chi connectivity index (χ3v) is 2.49. The molecule has 2 rings (SSSR count). The largest absolute Gasteiger partial charge is 0.481 e. The number of nitrogens with zero attached hydrogens (tertiary/aromatic N) is 2. The minimum Gasteiger partial charge on any atom is -0.481 e. The van der Waals surface area contributed by atoms with Crippen LogP contribution in [-0.4, -0.2) is 20.6 Å². The number of carboxylic acids is 1. The van der Waals surface area contributed by atoms with Crippen molar-refractivity contribution in [1.82, 2.24) is 9.55 Å². The Balaban J connectivity index is 2.20. The van der Waals surface area contributed by atoms with Gasteiger partial charge in [0.15, 0.2) is 0 Å². The molecule has 1 aromatic rings. The van der Waals surface area contributed by atoms with Gasteiger partial charge in [0.05, 0.1) is 6.42 Å². The van der Waals surface area contributed by atoms with Crippen molar-refractivity contribution in [2.24, 2.45) is 0 Å². The lowest BCUT2D eigenvalue weighted by Gasteiger charge is -2.21. The van der Waals surface area contributed by atoms with Gasteiger partial charge in [0, 0.05) is 24.9 Å². The number of aliphatic carboxylic acids is 1. The maximum atomic E-state index is 10.6. The van der Waals surface area contributed by atoms with Crippen molar-refractivity contribution in [3.63, 3.8) is 0 Å². The fourth-order valence-corrected chi connectivity index (χ4v) is 1.91. The quantitative estimate of drug-likeness (QED) is 0.744. The van der Waals surface area contributed by atoms with Crippen LogP contribution in [-0.2, 0) is 11.3 Å². The zero-order valence-electron chi connectivity index (χ0n) is 7.31. The Bertz CT molecular complexity index is 319. The average molecular weight is 180 g/mol. The summed E-state index contributed by atoms with van der Waals surface area (Å²) < 4.78 is 2.05. The third-order valence-electron chi connectivity index (χ3n) is 2.49. The van der Waals surface area contributed by atoms with Crippen LogP contribution < -0.4 is 0 Å². The van der Waals surface area contributed by atoms with Gasteiger partial charge in [-0.3, -0.25) is 4.79 Å². The summed E-state index contributed by atoms with van der Waals surface area (Å²) in [5, 5.41) is 8.69. The van der Waals surface area contributed by atoms with Crippen molar-refractivity contribution in [1.29, 1.82) is 0 Å². The van der Waals surface area contributed by atoms with E-state index in [1.165, 1.54) is 0 Å². The van der Waals surface area contributed by atoms with Crippen LogP contribution in [0.5, 0.6) is 0 Å². The van der Waals surface area contributed by atoms with Gasteiger partial charge in [-0.25, -0.2) is 4.98 Å². The molecule has 4 heteroatoms. The standard InChI is InChI=1S/C9H12N2O2/c12-8(13)6-7-2-1-4-11-5-3-10-9(7)11/h3,5,7H,1-2,4,6H2,(H,12,13). The summed E-state index contributed by atoms with van der Waals surface area (Å²) in [4.78, 5) is 14.8. The first-order valence-electron chi connectivity index (χ1n) is 4.50. The fraction of sp³-hybridized carbons (Fsp3) is 0.556. The highest BCUT2D eigenvalue weighted by Gasteiger charge is 2.23. The van der Waals surface area contributed by atoms with E-state index >= 15 is 0 Å². The first-order chi connectivity index (χ1) is 6.27. The van der Waals surface area contributed by atoms with E-state index in [-0.39, 0.29) is 12.3 Å². The number of hydrogen-bond donors (Lipinski definition) is 1. The number of carboxylic acid groups (broad SMARTS) is 1. The molecule has 1 unspecified atom stereocenters. The van der Waals surface area contributed by atoms with Crippen LogP contribution in [0.25, 0.3) is 0 Å². The predicted molar refractivity (Wildman–Crippen MR) is 46.5 cm³/mol. The van der Waals surface area contributed by atoms with E-state index in [2.05, 4.69) is 9.55 Å². The Kier molecular flexibility index (Phi) is 2.04. The molecule has 1 aromatic heterocycles. The van der Waals surface area contributed by atoms with Gasteiger partial charge >= 0.3 is 5.97 Å². The Morgan fingerprint density at radius 1 is 1.77 bits per heavy atom. The molecule has 0 amide bonds. The smallest absolute Gasteiger partial charge is 0.304 e. The molecular formula is C9H12N2O2. The Labute approximate surface area is 76.2 Å². The summed E-state index contributed by atoms with van der Waals surface area (Å²) in [7, 11) is 0. The fourth-order valence-electron chi connectivity index (χ4n) is 1.91. The second kappa shape index (κ2) is 3.20. The van der Waals surface area contributed by atoms with Crippen LogP contribution in [0, 0.1) is 0 Å². The minimum absolute atomic E-state index is 0.112. The Morgan fingerprint density at radius 3 is 3.38 bits per heavy atom. The molecule has 0 spiro atoms. The van der Waals surface area contributed by atoms with Gasteiger partial charge in [-0.05, 0) is 12.8 Å². The van der Waals surface area contributed by atoms with E-state index < -0.39 is 5.97 Å². The van der Waals surface area contributed by atoms with E-state index in [1.54, 1.807) is 6.20 Å². The van der Waals surface area contributed by atoms with Crippen molar-refractivity contribution < 1.29 is 9.90 Å². The number of hydrogen-bond acceptors (Lipinski definition) is 2. The van der Waals surface area contributed by atoms with Crippen molar-refractivity contribution in [3.05, 3.63) is 18.2 Å². The van der Waals surface area contributed by atoms with Gasteiger partial charge in [-0.15, -0.1) is 0 Å². The van der Waals surface area contributed by atoms with E-state index in [0.29, 0.717) is 0 Å². The highest BCUT2D eigenvalue weighted by Crippen LogP contribution is 2.28. The van der Waals surface area contributed by atoms with Crippen molar-refractivity contribution in [3.8, 4) is 0 Å². The number of carbonyl (C=O) groups is 1. The first-order valence-corrected chi connectivity index (χ1v) is 4.50. The zero-order valence-corrected chi connectivity index (χ0v) is 7.31. The van der Waals surface area contributed by atoms with E-state index in [0.717, 1.165) is 25.2 Å². The molecule has 1 aliphatic heterocycles. The molecule has 13 heavy (non-hydrogen) atoms. The molecule has 0 aliphatic carbocycles. The summed E-state index contributed by atoms with van der Waals surface area (Å²) in [6.45, 7) is 0.978. The number of imidazole rings is 1.